The van der Waals surface area contributed by atoms with Crippen molar-refractivity contribution < 1.29 is 0 Å². The summed E-state index contributed by atoms with van der Waals surface area (Å²) in [6, 6.07) is 4.52. The smallest absolute Gasteiger partial charge is 0.0818 e. The van der Waals surface area contributed by atoms with E-state index in [-0.39, 0.29) is 12.1 Å². The maximum Gasteiger partial charge on any atom is 0.0818 e. The molecule has 0 radical (unpaired) electrons. The van der Waals surface area contributed by atoms with Crippen LogP contribution in [0.3, 0.4) is 0 Å². The van der Waals surface area contributed by atoms with Crippen molar-refractivity contribution in [3.05, 3.63) is 23.5 Å². The lowest BCUT2D eigenvalue weighted by Crippen LogP contribution is -2.33. The van der Waals surface area contributed by atoms with E-state index in [4.69, 9.17) is 5.73 Å². The van der Waals surface area contributed by atoms with Crippen molar-refractivity contribution in [1.82, 2.24) is 15.1 Å². The number of aryl methyl sites for hydroxylation is 1. The van der Waals surface area contributed by atoms with Crippen LogP contribution >= 0.6 is 0 Å². The van der Waals surface area contributed by atoms with Crippen LogP contribution in [0.2, 0.25) is 0 Å². The highest BCUT2D eigenvalue weighted by molar-refractivity contribution is 5.14. The maximum atomic E-state index is 6.16. The topological polar surface area (TPSA) is 55.0 Å². The number of nitrogens with two attached hydrogens (primary N) is 1. The van der Waals surface area contributed by atoms with Crippen LogP contribution in [0, 0.1) is 6.92 Å². The van der Waals surface area contributed by atoms with Crippen molar-refractivity contribution in [3.8, 4) is 0 Å². The first-order chi connectivity index (χ1) is 7.72. The molecule has 0 spiro atoms. The summed E-state index contributed by atoms with van der Waals surface area (Å²) in [4.78, 5) is 2.42. The summed E-state index contributed by atoms with van der Waals surface area (Å²) >= 11 is 0. The average molecular weight is 220 g/mol. The van der Waals surface area contributed by atoms with Gasteiger partial charge in [-0.2, -0.15) is 10.2 Å². The predicted octanol–water partition coefficient (Wildman–Crippen LogP) is 1.27. The summed E-state index contributed by atoms with van der Waals surface area (Å²) in [5, 5.41) is 8.39. The number of hydrogen-bond acceptors (Lipinski definition) is 4. The van der Waals surface area contributed by atoms with Gasteiger partial charge in [0.05, 0.1) is 17.4 Å². The van der Waals surface area contributed by atoms with Gasteiger partial charge in [-0.05, 0) is 38.4 Å². The third-order valence-electron chi connectivity index (χ3n) is 3.18. The number of hydrogen-bond donors (Lipinski definition) is 1. The number of likely N-dealkylation sites (tertiary alicyclic amines) is 1. The summed E-state index contributed by atoms with van der Waals surface area (Å²) < 4.78 is 0. The zero-order chi connectivity index (χ0) is 11.5. The zero-order valence-electron chi connectivity index (χ0n) is 10.1. The molecule has 1 aromatic rings. The van der Waals surface area contributed by atoms with Gasteiger partial charge in [-0.1, -0.05) is 6.92 Å². The Morgan fingerprint density at radius 3 is 2.88 bits per heavy atom. The lowest BCUT2D eigenvalue weighted by molar-refractivity contribution is 0.242. The molecule has 88 valence electrons. The molecule has 4 nitrogen and oxygen atoms in total. The van der Waals surface area contributed by atoms with E-state index in [9.17, 15) is 0 Å². The van der Waals surface area contributed by atoms with Crippen LogP contribution in [0.4, 0.5) is 0 Å². The van der Waals surface area contributed by atoms with E-state index in [0.29, 0.717) is 0 Å². The molecule has 0 amide bonds. The molecule has 2 atom stereocenters. The van der Waals surface area contributed by atoms with Gasteiger partial charge in [-0.3, -0.25) is 4.90 Å². The minimum Gasteiger partial charge on any atom is -0.326 e. The molecule has 0 bridgehead atoms. The van der Waals surface area contributed by atoms with E-state index in [1.165, 1.54) is 0 Å². The highest BCUT2D eigenvalue weighted by atomic mass is 15.2. The minimum atomic E-state index is 0.198. The molecule has 1 fully saturated rings. The van der Waals surface area contributed by atoms with Crippen LogP contribution in [0.1, 0.15) is 37.2 Å². The molecule has 2 unspecified atom stereocenters. The van der Waals surface area contributed by atoms with Crippen molar-refractivity contribution >= 4 is 0 Å². The van der Waals surface area contributed by atoms with Gasteiger partial charge in [0.15, 0.2) is 0 Å². The van der Waals surface area contributed by atoms with Crippen molar-refractivity contribution in [2.24, 2.45) is 5.73 Å². The number of aromatic nitrogens is 2. The molecule has 2 heterocycles. The first-order valence-corrected chi connectivity index (χ1v) is 6.02. The highest BCUT2D eigenvalue weighted by Gasteiger charge is 2.33. The summed E-state index contributed by atoms with van der Waals surface area (Å²) in [6.07, 6.45) is 2.21. The molecule has 16 heavy (non-hydrogen) atoms. The molecule has 2 rings (SSSR count). The summed E-state index contributed by atoms with van der Waals surface area (Å²) in [6.45, 7) is 6.32. The van der Waals surface area contributed by atoms with E-state index < -0.39 is 0 Å². The summed E-state index contributed by atoms with van der Waals surface area (Å²) in [5.74, 6) is 0. The number of nitrogens with zero attached hydrogens (tertiary/aromatic N) is 3. The fourth-order valence-electron chi connectivity index (χ4n) is 2.39. The van der Waals surface area contributed by atoms with Gasteiger partial charge in [0.1, 0.15) is 0 Å². The van der Waals surface area contributed by atoms with Crippen LogP contribution in [0.25, 0.3) is 0 Å². The third-order valence-corrected chi connectivity index (χ3v) is 3.18. The Kier molecular flexibility index (Phi) is 3.51. The molecule has 0 aliphatic carbocycles. The average Bonchev–Trinajstić information content (AvgIpc) is 2.62. The fourth-order valence-corrected chi connectivity index (χ4v) is 2.39. The Bertz CT molecular complexity index is 333. The molecule has 2 N–H and O–H groups in total. The van der Waals surface area contributed by atoms with Crippen LogP contribution in [0.15, 0.2) is 12.1 Å². The number of rotatable bonds is 3. The van der Waals surface area contributed by atoms with Gasteiger partial charge < -0.3 is 5.73 Å². The van der Waals surface area contributed by atoms with E-state index >= 15 is 0 Å². The van der Waals surface area contributed by atoms with Gasteiger partial charge >= 0.3 is 0 Å². The largest absolute Gasteiger partial charge is 0.326 e. The second kappa shape index (κ2) is 4.89. The molecular weight excluding hydrogens is 200 g/mol. The standard InChI is InChI=1S/C12H20N4/c1-3-7-16-8-6-10(13)12(16)11-5-4-9(2)14-15-11/h4-5,10,12H,3,6-8,13H2,1-2H3. The molecule has 4 heteroatoms. The van der Waals surface area contributed by atoms with Gasteiger partial charge in [-0.25, -0.2) is 0 Å². The van der Waals surface area contributed by atoms with Crippen LogP contribution in [-0.2, 0) is 0 Å². The van der Waals surface area contributed by atoms with Crippen molar-refractivity contribution in [2.45, 2.75) is 38.8 Å². The monoisotopic (exact) mass is 220 g/mol. The van der Waals surface area contributed by atoms with E-state index in [1.807, 2.05) is 13.0 Å². The fraction of sp³-hybridized carbons (Fsp3) is 0.667. The molecule has 0 saturated carbocycles. The first kappa shape index (κ1) is 11.5. The normalized spacial score (nSPS) is 26.2. The van der Waals surface area contributed by atoms with Crippen molar-refractivity contribution in [3.63, 3.8) is 0 Å². The Morgan fingerprint density at radius 2 is 2.25 bits per heavy atom. The second-order valence-corrected chi connectivity index (χ2v) is 4.53. The van der Waals surface area contributed by atoms with Gasteiger partial charge in [0.2, 0.25) is 0 Å². The van der Waals surface area contributed by atoms with Gasteiger partial charge in [0.25, 0.3) is 0 Å². The van der Waals surface area contributed by atoms with Crippen LogP contribution in [-0.4, -0.2) is 34.2 Å². The molecular formula is C12H20N4. The lowest BCUT2D eigenvalue weighted by atomic mass is 10.1. The quantitative estimate of drug-likeness (QED) is 0.833. The molecule has 1 aliphatic heterocycles. The molecule has 0 aromatic carbocycles. The Morgan fingerprint density at radius 1 is 1.44 bits per heavy atom. The highest BCUT2D eigenvalue weighted by Crippen LogP contribution is 2.29. The Balaban J connectivity index is 2.19. The van der Waals surface area contributed by atoms with E-state index in [1.54, 1.807) is 0 Å². The second-order valence-electron chi connectivity index (χ2n) is 4.53. The molecule has 1 aromatic heterocycles. The summed E-state index contributed by atoms with van der Waals surface area (Å²) in [7, 11) is 0. The molecule has 1 saturated heterocycles. The van der Waals surface area contributed by atoms with Gasteiger partial charge in [-0.15, -0.1) is 0 Å². The van der Waals surface area contributed by atoms with Gasteiger partial charge in [0, 0.05) is 12.6 Å². The summed E-state index contributed by atoms with van der Waals surface area (Å²) in [5.41, 5.74) is 8.13. The minimum absolute atomic E-state index is 0.198. The first-order valence-electron chi connectivity index (χ1n) is 6.02. The SMILES string of the molecule is CCCN1CCC(N)C1c1ccc(C)nn1. The lowest BCUT2D eigenvalue weighted by Gasteiger charge is -2.25. The van der Waals surface area contributed by atoms with E-state index in [0.717, 1.165) is 37.3 Å². The van der Waals surface area contributed by atoms with Crippen LogP contribution < -0.4 is 5.73 Å². The maximum absolute atomic E-state index is 6.16. The zero-order valence-corrected chi connectivity index (χ0v) is 10.1. The van der Waals surface area contributed by atoms with E-state index in [2.05, 4.69) is 28.1 Å². The molecule has 1 aliphatic rings. The van der Waals surface area contributed by atoms with Crippen molar-refractivity contribution in [1.29, 1.82) is 0 Å². The third kappa shape index (κ3) is 2.23. The van der Waals surface area contributed by atoms with Crippen LogP contribution in [0.5, 0.6) is 0 Å². The Labute approximate surface area is 96.9 Å². The van der Waals surface area contributed by atoms with Crippen molar-refractivity contribution in [2.75, 3.05) is 13.1 Å². The predicted molar refractivity (Wildman–Crippen MR) is 64.0 cm³/mol. The Hall–Kier alpha value is -1.00.